The van der Waals surface area contributed by atoms with E-state index in [4.69, 9.17) is 19.3 Å². The lowest BCUT2D eigenvalue weighted by Gasteiger charge is -2.29. The molecule has 1 aliphatic heterocycles. The molecule has 0 saturated carbocycles. The molecule has 0 spiro atoms. The van der Waals surface area contributed by atoms with Crippen LogP contribution in [0.3, 0.4) is 0 Å². The molecule has 0 saturated heterocycles. The van der Waals surface area contributed by atoms with Crippen molar-refractivity contribution in [1.82, 2.24) is 5.32 Å². The zero-order valence-corrected chi connectivity index (χ0v) is 18.1. The predicted molar refractivity (Wildman–Crippen MR) is 114 cm³/mol. The Morgan fingerprint density at radius 2 is 1.79 bits per heavy atom. The summed E-state index contributed by atoms with van der Waals surface area (Å²) in [6.45, 7) is 0.748. The van der Waals surface area contributed by atoms with Crippen molar-refractivity contribution in [2.75, 3.05) is 20.3 Å². The molecule has 1 amide bonds. The van der Waals surface area contributed by atoms with Crippen molar-refractivity contribution in [2.45, 2.75) is 38.0 Å². The Balaban J connectivity index is 1.75. The molecule has 0 unspecified atom stereocenters. The molecule has 0 bridgehead atoms. The van der Waals surface area contributed by atoms with Gasteiger partial charge < -0.3 is 24.6 Å². The van der Waals surface area contributed by atoms with E-state index < -0.39 is 23.9 Å². The maximum atomic E-state index is 12.9. The van der Waals surface area contributed by atoms with Crippen LogP contribution < -0.4 is 5.32 Å². The molecule has 1 heterocycles. The predicted octanol–water partition coefficient (Wildman–Crippen LogP) is 3.89. The van der Waals surface area contributed by atoms with Crippen LogP contribution in [0.25, 0.3) is 0 Å². The molecule has 0 fully saturated rings. The van der Waals surface area contributed by atoms with Gasteiger partial charge in [-0.3, -0.25) is 4.79 Å². The van der Waals surface area contributed by atoms with E-state index in [9.17, 15) is 18.0 Å². The molecular formula is C24H26F3NO5. The smallest absolute Gasteiger partial charge is 0.416 e. The summed E-state index contributed by atoms with van der Waals surface area (Å²) in [5.74, 6) is -0.779. The lowest BCUT2D eigenvalue weighted by molar-refractivity contribution is -0.150. The molecule has 6 nitrogen and oxygen atoms in total. The van der Waals surface area contributed by atoms with E-state index in [2.05, 4.69) is 5.32 Å². The highest BCUT2D eigenvalue weighted by atomic mass is 19.4. The SMILES string of the molecule is COCCNC(=O)C1=C[C@@H](c2ccc(C(F)(F)F)cc2)C[C@@H](OCc2ccc(CO)cc2)O1. The van der Waals surface area contributed by atoms with Crippen molar-refractivity contribution in [1.29, 1.82) is 0 Å². The number of hydrogen-bond donors (Lipinski definition) is 2. The quantitative estimate of drug-likeness (QED) is 0.550. The van der Waals surface area contributed by atoms with E-state index in [1.54, 1.807) is 18.2 Å². The van der Waals surface area contributed by atoms with Crippen molar-refractivity contribution >= 4 is 5.91 Å². The van der Waals surface area contributed by atoms with Crippen molar-refractivity contribution < 1.29 is 37.3 Å². The largest absolute Gasteiger partial charge is 0.459 e. The third-order valence-electron chi connectivity index (χ3n) is 5.18. The highest BCUT2D eigenvalue weighted by Crippen LogP contribution is 2.34. The first-order valence-corrected chi connectivity index (χ1v) is 10.4. The monoisotopic (exact) mass is 465 g/mol. The third-order valence-corrected chi connectivity index (χ3v) is 5.18. The Morgan fingerprint density at radius 3 is 2.39 bits per heavy atom. The number of alkyl halides is 3. The molecule has 1 aliphatic rings. The number of aliphatic hydroxyl groups excluding tert-OH is 1. The Morgan fingerprint density at radius 1 is 1.12 bits per heavy atom. The van der Waals surface area contributed by atoms with Gasteiger partial charge >= 0.3 is 6.18 Å². The van der Waals surface area contributed by atoms with Crippen LogP contribution in [-0.4, -0.2) is 37.6 Å². The number of nitrogens with one attached hydrogen (secondary N) is 1. The van der Waals surface area contributed by atoms with E-state index >= 15 is 0 Å². The third kappa shape index (κ3) is 7.05. The number of halogens is 3. The first kappa shape index (κ1) is 24.8. The van der Waals surface area contributed by atoms with E-state index in [-0.39, 0.29) is 31.4 Å². The molecule has 2 atom stereocenters. The number of allylic oxidation sites excluding steroid dienone is 1. The van der Waals surface area contributed by atoms with Gasteiger partial charge in [0.25, 0.3) is 5.91 Å². The second-order valence-electron chi connectivity index (χ2n) is 7.57. The van der Waals surface area contributed by atoms with Gasteiger partial charge in [0.15, 0.2) is 5.76 Å². The van der Waals surface area contributed by atoms with E-state index in [0.29, 0.717) is 18.6 Å². The standard InChI is InChI=1S/C24H26F3NO5/c1-31-11-10-28-23(30)21-12-19(18-6-8-20(9-7-18)24(25,26)27)13-22(33-21)32-15-17-4-2-16(14-29)3-5-17/h2-9,12,19,22,29H,10-11,13-15H2,1H3,(H,28,30)/t19-,22+/m1/s1. The first-order valence-electron chi connectivity index (χ1n) is 10.4. The average molecular weight is 465 g/mol. The highest BCUT2D eigenvalue weighted by Gasteiger charge is 2.32. The van der Waals surface area contributed by atoms with Crippen LogP contribution in [0.1, 0.15) is 34.6 Å². The molecule has 33 heavy (non-hydrogen) atoms. The van der Waals surface area contributed by atoms with Crippen molar-refractivity contribution in [2.24, 2.45) is 0 Å². The molecule has 178 valence electrons. The van der Waals surface area contributed by atoms with E-state index in [0.717, 1.165) is 23.3 Å². The summed E-state index contributed by atoms with van der Waals surface area (Å²) >= 11 is 0. The van der Waals surface area contributed by atoms with Crippen molar-refractivity contribution in [3.8, 4) is 0 Å². The Kier molecular flexibility index (Phi) is 8.49. The molecule has 0 aromatic heterocycles. The number of hydrogen-bond acceptors (Lipinski definition) is 5. The summed E-state index contributed by atoms with van der Waals surface area (Å²) in [5.41, 5.74) is 1.50. The maximum absolute atomic E-state index is 12.9. The number of amides is 1. The van der Waals surface area contributed by atoms with Crippen LogP contribution in [0.2, 0.25) is 0 Å². The zero-order valence-electron chi connectivity index (χ0n) is 18.1. The van der Waals surface area contributed by atoms with Crippen LogP contribution in [-0.2, 0) is 38.4 Å². The molecule has 2 aromatic carbocycles. The second kappa shape index (κ2) is 11.3. The van der Waals surface area contributed by atoms with Crippen LogP contribution >= 0.6 is 0 Å². The molecule has 0 aliphatic carbocycles. The van der Waals surface area contributed by atoms with Gasteiger partial charge in [-0.05, 0) is 34.9 Å². The number of aliphatic hydroxyl groups is 1. The molecule has 3 rings (SSSR count). The lowest BCUT2D eigenvalue weighted by atomic mass is 9.92. The summed E-state index contributed by atoms with van der Waals surface area (Å²) in [5, 5.41) is 11.8. The summed E-state index contributed by atoms with van der Waals surface area (Å²) in [6, 6.07) is 12.0. The summed E-state index contributed by atoms with van der Waals surface area (Å²) in [7, 11) is 1.51. The summed E-state index contributed by atoms with van der Waals surface area (Å²) in [6.07, 6.45) is -3.27. The normalized spacial score (nSPS) is 18.4. The van der Waals surface area contributed by atoms with Gasteiger partial charge in [-0.15, -0.1) is 0 Å². The van der Waals surface area contributed by atoms with Gasteiger partial charge in [-0.25, -0.2) is 0 Å². The fourth-order valence-electron chi connectivity index (χ4n) is 3.35. The zero-order chi connectivity index (χ0) is 23.8. The minimum absolute atomic E-state index is 0.0443. The molecule has 0 radical (unpaired) electrons. The van der Waals surface area contributed by atoms with Gasteiger partial charge in [0.1, 0.15) is 0 Å². The molecule has 2 N–H and O–H groups in total. The van der Waals surface area contributed by atoms with Gasteiger partial charge in [0.2, 0.25) is 6.29 Å². The number of rotatable bonds is 9. The highest BCUT2D eigenvalue weighted by molar-refractivity contribution is 5.91. The van der Waals surface area contributed by atoms with E-state index in [1.807, 2.05) is 12.1 Å². The molecule has 9 heteroatoms. The van der Waals surface area contributed by atoms with Gasteiger partial charge in [0, 0.05) is 26.0 Å². The number of methoxy groups -OCH3 is 1. The first-order chi connectivity index (χ1) is 15.8. The van der Waals surface area contributed by atoms with Crippen LogP contribution in [0.5, 0.6) is 0 Å². The van der Waals surface area contributed by atoms with Crippen LogP contribution in [0.15, 0.2) is 60.4 Å². The summed E-state index contributed by atoms with van der Waals surface area (Å²) in [4.78, 5) is 12.5. The van der Waals surface area contributed by atoms with Crippen LogP contribution in [0.4, 0.5) is 13.2 Å². The van der Waals surface area contributed by atoms with Crippen molar-refractivity contribution in [3.63, 3.8) is 0 Å². The molecular weight excluding hydrogens is 439 g/mol. The van der Waals surface area contributed by atoms with E-state index in [1.165, 1.54) is 19.2 Å². The van der Waals surface area contributed by atoms with Gasteiger partial charge in [-0.1, -0.05) is 36.4 Å². The Bertz CT molecular complexity index is 942. The van der Waals surface area contributed by atoms with Gasteiger partial charge in [0.05, 0.1) is 25.4 Å². The number of carbonyl (C=O) groups excluding carboxylic acids is 1. The second-order valence-corrected chi connectivity index (χ2v) is 7.57. The fraction of sp³-hybridized carbons (Fsp3) is 0.375. The molecule has 2 aromatic rings. The minimum Gasteiger partial charge on any atom is -0.459 e. The average Bonchev–Trinajstić information content (AvgIpc) is 2.82. The Labute approximate surface area is 190 Å². The van der Waals surface area contributed by atoms with Crippen molar-refractivity contribution in [3.05, 3.63) is 82.6 Å². The number of ether oxygens (including phenoxy) is 3. The van der Waals surface area contributed by atoms with Gasteiger partial charge in [-0.2, -0.15) is 13.2 Å². The van der Waals surface area contributed by atoms with Crippen LogP contribution in [0, 0.1) is 0 Å². The maximum Gasteiger partial charge on any atom is 0.416 e. The fourth-order valence-corrected chi connectivity index (χ4v) is 3.35. The number of benzene rings is 2. The topological polar surface area (TPSA) is 77.0 Å². The lowest BCUT2D eigenvalue weighted by Crippen LogP contribution is -2.34. The Hall–Kier alpha value is -2.88. The minimum atomic E-state index is -4.42. The number of carbonyl (C=O) groups is 1. The summed E-state index contributed by atoms with van der Waals surface area (Å²) < 4.78 is 55.3.